The highest BCUT2D eigenvalue weighted by Crippen LogP contribution is 2.43. The Bertz CT molecular complexity index is 1010. The second-order valence-corrected chi connectivity index (χ2v) is 8.03. The second kappa shape index (κ2) is 17.0. The molecule has 0 heterocycles. The van der Waals surface area contributed by atoms with Crippen molar-refractivity contribution in [3.05, 3.63) is 48.6 Å². The summed E-state index contributed by atoms with van der Waals surface area (Å²) in [5, 5.41) is 0. The topological polar surface area (TPSA) is 109 Å². The van der Waals surface area contributed by atoms with Gasteiger partial charge in [0.15, 0.2) is 42.4 Å². The quantitative estimate of drug-likeness (QED) is 0.133. The highest BCUT2D eigenvalue weighted by Gasteiger charge is 2.23. The molecule has 0 saturated heterocycles. The number of carbonyl (C=O) groups excluding carboxylic acids is 1. The third-order valence-corrected chi connectivity index (χ3v) is 5.60. The van der Waals surface area contributed by atoms with Crippen LogP contribution in [0.4, 0.5) is 0 Å². The molecule has 2 rings (SSSR count). The predicted octanol–water partition coefficient (Wildman–Crippen LogP) is 4.02. The maximum absolute atomic E-state index is 13.5. The van der Waals surface area contributed by atoms with Crippen molar-refractivity contribution < 1.29 is 52.2 Å². The zero-order valence-corrected chi connectivity index (χ0v) is 24.0. The van der Waals surface area contributed by atoms with Crippen LogP contribution >= 0.6 is 0 Å². The van der Waals surface area contributed by atoms with Gasteiger partial charge in [0.1, 0.15) is 0 Å². The molecule has 11 heteroatoms. The molecule has 0 amide bonds. The molecule has 2 aromatic carbocycles. The minimum atomic E-state index is -0.415. The Balaban J connectivity index is 2.27. The number of ketones is 1. The highest BCUT2D eigenvalue weighted by molar-refractivity contribution is 6.41. The average molecular weight is 563 g/mol. The largest absolute Gasteiger partial charge is 0.493 e. The van der Waals surface area contributed by atoms with Gasteiger partial charge in [0.2, 0.25) is 11.5 Å². The molecule has 0 radical (unpaired) electrons. The molecule has 0 aliphatic carbocycles. The molecular formula is C29H38O11. The van der Waals surface area contributed by atoms with Crippen LogP contribution in [-0.2, 0) is 23.7 Å². The van der Waals surface area contributed by atoms with Gasteiger partial charge in [0.25, 0.3) is 0 Å². The minimum absolute atomic E-state index is 0.0469. The van der Waals surface area contributed by atoms with E-state index in [4.69, 9.17) is 47.4 Å². The Kier molecular flexibility index (Phi) is 13.8. The third-order valence-electron chi connectivity index (χ3n) is 5.60. The van der Waals surface area contributed by atoms with Crippen LogP contribution < -0.4 is 28.4 Å². The zero-order chi connectivity index (χ0) is 29.5. The van der Waals surface area contributed by atoms with Gasteiger partial charge in [-0.1, -0.05) is 13.2 Å². The Labute approximate surface area is 235 Å². The van der Waals surface area contributed by atoms with Crippen molar-refractivity contribution in [3.8, 4) is 34.5 Å². The van der Waals surface area contributed by atoms with Crippen molar-refractivity contribution in [2.45, 2.75) is 0 Å². The SMILES string of the molecule is C=C(C(=O)C(=C)c1cc(OC)c(OCOCCOC)c(OC)c1)c1cc(OC)c(OCOCCOC)c(OC)c1. The molecule has 0 bridgehead atoms. The molecule has 11 nitrogen and oxygen atoms in total. The molecule has 0 saturated carbocycles. The Morgan fingerprint density at radius 1 is 0.575 bits per heavy atom. The van der Waals surface area contributed by atoms with Crippen molar-refractivity contribution in [3.63, 3.8) is 0 Å². The number of hydrogen-bond acceptors (Lipinski definition) is 11. The van der Waals surface area contributed by atoms with E-state index in [1.54, 1.807) is 38.5 Å². The molecular weight excluding hydrogens is 524 g/mol. The van der Waals surface area contributed by atoms with Crippen LogP contribution in [0.2, 0.25) is 0 Å². The molecule has 0 aliphatic rings. The Morgan fingerprint density at radius 2 is 0.900 bits per heavy atom. The van der Waals surface area contributed by atoms with Gasteiger partial charge in [-0.05, 0) is 35.4 Å². The smallest absolute Gasteiger partial charge is 0.206 e. The van der Waals surface area contributed by atoms with E-state index < -0.39 is 5.78 Å². The number of ether oxygens (including phenoxy) is 10. The van der Waals surface area contributed by atoms with Gasteiger partial charge in [-0.25, -0.2) is 0 Å². The number of Topliss-reactive ketones (excluding diaryl/α,β-unsaturated/α-hetero) is 1. The van der Waals surface area contributed by atoms with Crippen molar-refractivity contribution in [1.29, 1.82) is 0 Å². The van der Waals surface area contributed by atoms with Gasteiger partial charge in [-0.15, -0.1) is 0 Å². The summed E-state index contributed by atoms with van der Waals surface area (Å²) in [7, 11) is 9.07. The van der Waals surface area contributed by atoms with Gasteiger partial charge >= 0.3 is 0 Å². The standard InChI is InChI=1S/C29H38O11/c1-19(21-13-23(33-5)28(24(14-21)34-6)39-17-37-11-9-31-3)27(30)20(2)22-15-25(35-7)29(26(16-22)36-8)40-18-38-12-10-32-4/h13-16H,1-2,9-12,17-18H2,3-8H3. The summed E-state index contributed by atoms with van der Waals surface area (Å²) in [5.41, 5.74) is 1.24. The van der Waals surface area contributed by atoms with E-state index in [2.05, 4.69) is 13.2 Å². The Hall–Kier alpha value is -3.77. The fraction of sp³-hybridized carbons (Fsp3) is 0.414. The molecule has 40 heavy (non-hydrogen) atoms. The van der Waals surface area contributed by atoms with E-state index >= 15 is 0 Å². The summed E-state index contributed by atoms with van der Waals surface area (Å²) in [5.74, 6) is 1.57. The van der Waals surface area contributed by atoms with Gasteiger partial charge < -0.3 is 47.4 Å². The van der Waals surface area contributed by atoms with Crippen LogP contribution in [0.15, 0.2) is 37.4 Å². The van der Waals surface area contributed by atoms with Crippen LogP contribution in [0.3, 0.4) is 0 Å². The van der Waals surface area contributed by atoms with Crippen LogP contribution in [0.25, 0.3) is 11.1 Å². The van der Waals surface area contributed by atoms with E-state index in [9.17, 15) is 4.79 Å². The molecule has 0 unspecified atom stereocenters. The van der Waals surface area contributed by atoms with E-state index in [-0.39, 0.29) is 24.7 Å². The number of hydrogen-bond donors (Lipinski definition) is 0. The zero-order valence-electron chi connectivity index (χ0n) is 24.0. The normalized spacial score (nSPS) is 10.6. The second-order valence-electron chi connectivity index (χ2n) is 8.03. The molecule has 0 N–H and O–H groups in total. The summed E-state index contributed by atoms with van der Waals surface area (Å²) in [6.07, 6.45) is 0. The first kappa shape index (κ1) is 32.4. The lowest BCUT2D eigenvalue weighted by atomic mass is 9.94. The fourth-order valence-corrected chi connectivity index (χ4v) is 3.44. The van der Waals surface area contributed by atoms with Crippen LogP contribution in [0.5, 0.6) is 34.5 Å². The van der Waals surface area contributed by atoms with E-state index in [0.29, 0.717) is 72.1 Å². The number of carbonyl (C=O) groups is 1. The predicted molar refractivity (Wildman–Crippen MR) is 149 cm³/mol. The molecule has 0 aromatic heterocycles. The molecule has 2 aromatic rings. The first-order chi connectivity index (χ1) is 19.4. The number of allylic oxidation sites excluding steroid dienone is 2. The van der Waals surface area contributed by atoms with E-state index in [0.717, 1.165) is 0 Å². The van der Waals surface area contributed by atoms with Crippen molar-refractivity contribution in [2.24, 2.45) is 0 Å². The Morgan fingerprint density at radius 3 is 1.18 bits per heavy atom. The summed E-state index contributed by atoms with van der Waals surface area (Å²) >= 11 is 0. The summed E-state index contributed by atoms with van der Waals surface area (Å²) < 4.78 is 54.0. The van der Waals surface area contributed by atoms with Gasteiger partial charge in [0.05, 0.1) is 54.9 Å². The first-order valence-corrected chi connectivity index (χ1v) is 12.2. The number of rotatable bonds is 20. The minimum Gasteiger partial charge on any atom is -0.493 e. The van der Waals surface area contributed by atoms with Crippen LogP contribution in [0, 0.1) is 0 Å². The van der Waals surface area contributed by atoms with Gasteiger partial charge in [0, 0.05) is 25.4 Å². The molecule has 220 valence electrons. The number of benzene rings is 2. The van der Waals surface area contributed by atoms with E-state index in [1.807, 2.05) is 0 Å². The van der Waals surface area contributed by atoms with Crippen LogP contribution in [-0.4, -0.2) is 88.5 Å². The molecule has 0 aliphatic heterocycles. The summed E-state index contributed by atoms with van der Waals surface area (Å²) in [6, 6.07) is 6.51. The van der Waals surface area contributed by atoms with Crippen molar-refractivity contribution in [1.82, 2.24) is 0 Å². The number of methoxy groups -OCH3 is 6. The molecule has 0 atom stereocenters. The lowest BCUT2D eigenvalue weighted by Gasteiger charge is -2.18. The lowest BCUT2D eigenvalue weighted by molar-refractivity contribution is -0.108. The van der Waals surface area contributed by atoms with Crippen molar-refractivity contribution in [2.75, 3.05) is 82.7 Å². The average Bonchev–Trinajstić information content (AvgIpc) is 2.99. The third kappa shape index (κ3) is 8.62. The first-order valence-electron chi connectivity index (χ1n) is 12.2. The highest BCUT2D eigenvalue weighted by atomic mass is 16.7. The maximum atomic E-state index is 13.5. The molecule has 0 fully saturated rings. The summed E-state index contributed by atoms with van der Waals surface area (Å²) in [4.78, 5) is 13.5. The maximum Gasteiger partial charge on any atom is 0.206 e. The van der Waals surface area contributed by atoms with Crippen molar-refractivity contribution >= 4 is 16.9 Å². The summed E-state index contributed by atoms with van der Waals surface area (Å²) in [6.45, 7) is 9.48. The van der Waals surface area contributed by atoms with Gasteiger partial charge in [-0.2, -0.15) is 0 Å². The molecule has 0 spiro atoms. The van der Waals surface area contributed by atoms with Crippen LogP contribution in [0.1, 0.15) is 11.1 Å². The van der Waals surface area contributed by atoms with E-state index in [1.165, 1.54) is 28.4 Å². The van der Waals surface area contributed by atoms with Gasteiger partial charge in [-0.3, -0.25) is 4.79 Å². The monoisotopic (exact) mass is 562 g/mol. The fourth-order valence-electron chi connectivity index (χ4n) is 3.44. The lowest BCUT2D eigenvalue weighted by Crippen LogP contribution is -2.10.